The van der Waals surface area contributed by atoms with E-state index in [1.54, 1.807) is 13.8 Å². The summed E-state index contributed by atoms with van der Waals surface area (Å²) >= 11 is 8.95. The molecule has 0 unspecified atom stereocenters. The van der Waals surface area contributed by atoms with Crippen LogP contribution in [0.4, 0.5) is 0 Å². The highest BCUT2D eigenvalue weighted by molar-refractivity contribution is 9.10. The maximum Gasteiger partial charge on any atom is 0.324 e. The maximum absolute atomic E-state index is 12.3. The number of carboxylic acid groups (broad SMARTS) is 1. The minimum absolute atomic E-state index is 0.0405. The van der Waals surface area contributed by atoms with Gasteiger partial charge in [-0.25, -0.2) is 8.42 Å². The average Bonchev–Trinajstić information content (AvgIpc) is 2.38. The van der Waals surface area contributed by atoms with Crippen molar-refractivity contribution in [3.63, 3.8) is 0 Å². The van der Waals surface area contributed by atoms with Gasteiger partial charge in [0.15, 0.2) is 0 Å². The minimum atomic E-state index is -3.95. The fourth-order valence-electron chi connectivity index (χ4n) is 1.70. The van der Waals surface area contributed by atoms with Gasteiger partial charge < -0.3 is 5.11 Å². The number of benzene rings is 1. The molecular weight excluding hydrogens is 370 g/mol. The molecule has 0 atom stereocenters. The van der Waals surface area contributed by atoms with Crippen molar-refractivity contribution in [2.45, 2.75) is 37.1 Å². The van der Waals surface area contributed by atoms with Crippen LogP contribution < -0.4 is 4.72 Å². The number of halogens is 2. The van der Waals surface area contributed by atoms with E-state index in [4.69, 9.17) is 11.6 Å². The molecule has 0 saturated carbocycles. The van der Waals surface area contributed by atoms with E-state index in [2.05, 4.69) is 20.7 Å². The SMILES string of the molecule is CCC(CC)(NS(=O)(=O)c1ccc(Cl)c(Br)c1)C(=O)O. The number of sulfonamides is 1. The van der Waals surface area contributed by atoms with Gasteiger partial charge in [-0.05, 0) is 47.0 Å². The van der Waals surface area contributed by atoms with Crippen LogP contribution in [0.25, 0.3) is 0 Å². The summed E-state index contributed by atoms with van der Waals surface area (Å²) in [5, 5.41) is 9.65. The van der Waals surface area contributed by atoms with Gasteiger partial charge in [0, 0.05) is 4.47 Å². The molecule has 2 N–H and O–H groups in total. The van der Waals surface area contributed by atoms with Gasteiger partial charge in [0.1, 0.15) is 5.54 Å². The number of aliphatic carboxylic acids is 1. The minimum Gasteiger partial charge on any atom is -0.480 e. The summed E-state index contributed by atoms with van der Waals surface area (Å²) in [6, 6.07) is 4.09. The summed E-state index contributed by atoms with van der Waals surface area (Å²) in [6.45, 7) is 3.25. The Kier molecular flexibility index (Phi) is 5.60. The summed E-state index contributed by atoms with van der Waals surface area (Å²) in [5.74, 6) is -1.20. The molecule has 8 heteroatoms. The first-order chi connectivity index (χ1) is 9.18. The van der Waals surface area contributed by atoms with E-state index < -0.39 is 21.5 Å². The molecule has 1 aromatic rings. The number of carboxylic acids is 1. The normalized spacial score (nSPS) is 12.4. The molecule has 0 aromatic heterocycles. The number of rotatable bonds is 6. The Morgan fingerprint density at radius 3 is 2.35 bits per heavy atom. The largest absolute Gasteiger partial charge is 0.480 e. The van der Waals surface area contributed by atoms with E-state index in [1.807, 2.05) is 0 Å². The van der Waals surface area contributed by atoms with Gasteiger partial charge in [-0.3, -0.25) is 4.79 Å². The van der Waals surface area contributed by atoms with Crippen LogP contribution in [0.5, 0.6) is 0 Å². The molecule has 0 saturated heterocycles. The lowest BCUT2D eigenvalue weighted by atomic mass is 9.95. The van der Waals surface area contributed by atoms with E-state index in [1.165, 1.54) is 18.2 Å². The predicted molar refractivity (Wildman–Crippen MR) is 80.4 cm³/mol. The summed E-state index contributed by atoms with van der Waals surface area (Å²) in [4.78, 5) is 11.3. The first-order valence-electron chi connectivity index (χ1n) is 5.91. The summed E-state index contributed by atoms with van der Waals surface area (Å²) < 4.78 is 27.3. The van der Waals surface area contributed by atoms with Crippen LogP contribution in [0, 0.1) is 0 Å². The van der Waals surface area contributed by atoms with Crippen LogP contribution in [-0.2, 0) is 14.8 Å². The zero-order valence-electron chi connectivity index (χ0n) is 11.0. The zero-order valence-corrected chi connectivity index (χ0v) is 14.1. The molecule has 0 aliphatic heterocycles. The topological polar surface area (TPSA) is 83.5 Å². The van der Waals surface area contributed by atoms with Crippen LogP contribution in [0.1, 0.15) is 26.7 Å². The second kappa shape index (κ2) is 6.43. The third kappa shape index (κ3) is 3.52. The molecule has 0 aliphatic carbocycles. The van der Waals surface area contributed by atoms with Gasteiger partial charge in [-0.2, -0.15) is 4.72 Å². The first kappa shape index (κ1) is 17.4. The zero-order chi connectivity index (χ0) is 15.6. The van der Waals surface area contributed by atoms with Crippen molar-refractivity contribution in [3.8, 4) is 0 Å². The molecule has 0 aliphatic rings. The monoisotopic (exact) mass is 383 g/mol. The smallest absolute Gasteiger partial charge is 0.324 e. The Labute approximate surface area is 131 Å². The third-order valence-corrected chi connectivity index (χ3v) is 5.90. The van der Waals surface area contributed by atoms with Crippen molar-refractivity contribution >= 4 is 43.5 Å². The quantitative estimate of drug-likeness (QED) is 0.789. The second-order valence-corrected chi connectivity index (χ2v) is 7.22. The second-order valence-electron chi connectivity index (χ2n) is 4.28. The predicted octanol–water partition coefficient (Wildman–Crippen LogP) is 3.02. The van der Waals surface area contributed by atoms with Gasteiger partial charge >= 0.3 is 5.97 Å². The summed E-state index contributed by atoms with van der Waals surface area (Å²) in [7, 11) is -3.95. The van der Waals surface area contributed by atoms with Gasteiger partial charge in [0.05, 0.1) is 9.92 Å². The number of hydrogen-bond donors (Lipinski definition) is 2. The van der Waals surface area contributed by atoms with Gasteiger partial charge in [0.2, 0.25) is 10.0 Å². The molecule has 0 fully saturated rings. The van der Waals surface area contributed by atoms with Crippen molar-refractivity contribution in [2.75, 3.05) is 0 Å². The molecule has 1 rings (SSSR count). The van der Waals surface area contributed by atoms with Crippen LogP contribution in [-0.4, -0.2) is 25.0 Å². The molecule has 5 nitrogen and oxygen atoms in total. The van der Waals surface area contributed by atoms with E-state index in [0.717, 1.165) is 0 Å². The van der Waals surface area contributed by atoms with Crippen molar-refractivity contribution in [3.05, 3.63) is 27.7 Å². The van der Waals surface area contributed by atoms with Crippen molar-refractivity contribution < 1.29 is 18.3 Å². The van der Waals surface area contributed by atoms with Crippen molar-refractivity contribution in [1.82, 2.24) is 4.72 Å². The van der Waals surface area contributed by atoms with Crippen LogP contribution >= 0.6 is 27.5 Å². The van der Waals surface area contributed by atoms with E-state index in [9.17, 15) is 18.3 Å². The summed E-state index contributed by atoms with van der Waals surface area (Å²) in [6.07, 6.45) is 0.291. The Morgan fingerprint density at radius 1 is 1.40 bits per heavy atom. The van der Waals surface area contributed by atoms with Crippen LogP contribution in [0.2, 0.25) is 5.02 Å². The van der Waals surface area contributed by atoms with Crippen LogP contribution in [0.3, 0.4) is 0 Å². The van der Waals surface area contributed by atoms with E-state index in [-0.39, 0.29) is 17.7 Å². The van der Waals surface area contributed by atoms with Crippen LogP contribution in [0.15, 0.2) is 27.6 Å². The molecule has 1 aromatic carbocycles. The number of nitrogens with one attached hydrogen (secondary N) is 1. The fourth-order valence-corrected chi connectivity index (χ4v) is 3.88. The first-order valence-corrected chi connectivity index (χ1v) is 8.56. The molecule has 20 heavy (non-hydrogen) atoms. The standard InChI is InChI=1S/C12H15BrClNO4S/c1-3-12(4-2,11(16)17)15-20(18,19)8-5-6-10(14)9(13)7-8/h5-7,15H,3-4H2,1-2H3,(H,16,17). The highest BCUT2D eigenvalue weighted by atomic mass is 79.9. The summed E-state index contributed by atoms with van der Waals surface area (Å²) in [5.41, 5.74) is -1.51. The third-order valence-electron chi connectivity index (χ3n) is 3.15. The van der Waals surface area contributed by atoms with Gasteiger partial charge in [-0.1, -0.05) is 25.4 Å². The van der Waals surface area contributed by atoms with Gasteiger partial charge in [0.25, 0.3) is 0 Å². The molecule has 0 radical (unpaired) electrons. The highest BCUT2D eigenvalue weighted by Gasteiger charge is 2.39. The lowest BCUT2D eigenvalue weighted by Gasteiger charge is -2.27. The highest BCUT2D eigenvalue weighted by Crippen LogP contribution is 2.27. The molecule has 112 valence electrons. The van der Waals surface area contributed by atoms with E-state index >= 15 is 0 Å². The van der Waals surface area contributed by atoms with Gasteiger partial charge in [-0.15, -0.1) is 0 Å². The molecule has 0 heterocycles. The fraction of sp³-hybridized carbons (Fsp3) is 0.417. The maximum atomic E-state index is 12.3. The average molecular weight is 385 g/mol. The van der Waals surface area contributed by atoms with Crippen molar-refractivity contribution in [1.29, 1.82) is 0 Å². The molecule has 0 amide bonds. The Balaban J connectivity index is 3.23. The number of carbonyl (C=O) groups is 1. The lowest BCUT2D eigenvalue weighted by molar-refractivity contribution is -0.144. The van der Waals surface area contributed by atoms with Crippen molar-refractivity contribution in [2.24, 2.45) is 0 Å². The molecule has 0 bridgehead atoms. The Hall–Kier alpha value is -0.630. The number of hydrogen-bond acceptors (Lipinski definition) is 3. The Bertz CT molecular complexity index is 614. The lowest BCUT2D eigenvalue weighted by Crippen LogP contribution is -2.53. The molecule has 0 spiro atoms. The molecular formula is C12H15BrClNO4S. The van der Waals surface area contributed by atoms with E-state index in [0.29, 0.717) is 9.50 Å². The Morgan fingerprint density at radius 2 is 1.95 bits per heavy atom.